The van der Waals surface area contributed by atoms with Crippen LogP contribution in [-0.4, -0.2) is 61.7 Å². The lowest BCUT2D eigenvalue weighted by Crippen LogP contribution is -2.44. The van der Waals surface area contributed by atoms with Crippen LogP contribution in [-0.2, 0) is 4.74 Å². The molecule has 0 unspecified atom stereocenters. The fourth-order valence-electron chi connectivity index (χ4n) is 3.99. The zero-order valence-corrected chi connectivity index (χ0v) is 17.0. The number of nitrogens with one attached hydrogen (secondary N) is 1. The molecule has 0 bridgehead atoms. The first-order valence-electron chi connectivity index (χ1n) is 10.5. The number of morpholine rings is 1. The third kappa shape index (κ3) is 4.54. The molecule has 2 aliphatic rings. The Morgan fingerprint density at radius 1 is 1.07 bits per heavy atom. The van der Waals surface area contributed by atoms with Gasteiger partial charge < -0.3 is 19.7 Å². The van der Waals surface area contributed by atoms with Gasteiger partial charge >= 0.3 is 0 Å². The summed E-state index contributed by atoms with van der Waals surface area (Å²) in [6.07, 6.45) is 0.751. The molecule has 6 nitrogen and oxygen atoms in total. The van der Waals surface area contributed by atoms with Gasteiger partial charge in [0.25, 0.3) is 5.91 Å². The number of hydrogen-bond donors (Lipinski definition) is 1. The van der Waals surface area contributed by atoms with Crippen molar-refractivity contribution < 1.29 is 14.3 Å². The molecule has 6 heteroatoms. The second kappa shape index (κ2) is 9.29. The lowest BCUT2D eigenvalue weighted by molar-refractivity contribution is 0.0348. The van der Waals surface area contributed by atoms with Crippen LogP contribution in [0.25, 0.3) is 0 Å². The van der Waals surface area contributed by atoms with E-state index in [2.05, 4.69) is 10.2 Å². The Morgan fingerprint density at radius 2 is 1.83 bits per heavy atom. The Labute approximate surface area is 172 Å². The van der Waals surface area contributed by atoms with E-state index in [1.165, 1.54) is 0 Å². The molecule has 29 heavy (non-hydrogen) atoms. The Balaban J connectivity index is 1.52. The smallest absolute Gasteiger partial charge is 0.257 e. The summed E-state index contributed by atoms with van der Waals surface area (Å²) in [5.74, 6) is 0.929. The van der Waals surface area contributed by atoms with Gasteiger partial charge in [-0.2, -0.15) is 0 Å². The molecule has 0 aromatic heterocycles. The van der Waals surface area contributed by atoms with E-state index in [1.54, 1.807) is 0 Å². The van der Waals surface area contributed by atoms with Crippen molar-refractivity contribution in [3.63, 3.8) is 0 Å². The van der Waals surface area contributed by atoms with Gasteiger partial charge in [0.2, 0.25) is 0 Å². The summed E-state index contributed by atoms with van der Waals surface area (Å²) in [4.78, 5) is 17.6. The van der Waals surface area contributed by atoms with Crippen LogP contribution in [0.2, 0.25) is 0 Å². The predicted molar refractivity (Wildman–Crippen MR) is 113 cm³/mol. The van der Waals surface area contributed by atoms with E-state index < -0.39 is 0 Å². The number of carbonyl (C=O) groups excluding carboxylic acids is 1. The summed E-state index contributed by atoms with van der Waals surface area (Å²) in [6.45, 7) is 7.83. The first-order valence-corrected chi connectivity index (χ1v) is 10.5. The minimum atomic E-state index is -0.183. The van der Waals surface area contributed by atoms with Crippen LogP contribution in [0.3, 0.4) is 0 Å². The van der Waals surface area contributed by atoms with Gasteiger partial charge in [-0.25, -0.2) is 0 Å². The van der Waals surface area contributed by atoms with Crippen LogP contribution in [0.5, 0.6) is 5.75 Å². The molecule has 2 heterocycles. The third-order valence-corrected chi connectivity index (χ3v) is 5.51. The molecule has 2 aromatic carbocycles. The van der Waals surface area contributed by atoms with Gasteiger partial charge in [0.05, 0.1) is 25.4 Å². The molecule has 0 spiro atoms. The SMILES string of the molecule is CCOc1ccc([C@H]2Nc3ccccc3C(=O)N2CCCN2CCOCC2)cc1. The Morgan fingerprint density at radius 3 is 2.59 bits per heavy atom. The van der Waals surface area contributed by atoms with Crippen LogP contribution < -0.4 is 10.1 Å². The van der Waals surface area contributed by atoms with E-state index >= 15 is 0 Å². The van der Waals surface area contributed by atoms with Gasteiger partial charge in [-0.1, -0.05) is 24.3 Å². The van der Waals surface area contributed by atoms with E-state index in [9.17, 15) is 4.79 Å². The van der Waals surface area contributed by atoms with Crippen LogP contribution in [0.15, 0.2) is 48.5 Å². The number of anilines is 1. The number of amides is 1. The second-order valence-electron chi connectivity index (χ2n) is 7.40. The number of hydrogen-bond acceptors (Lipinski definition) is 5. The minimum Gasteiger partial charge on any atom is -0.494 e. The minimum absolute atomic E-state index is 0.0835. The number of ether oxygens (including phenoxy) is 2. The highest BCUT2D eigenvalue weighted by molar-refractivity contribution is 6.01. The van der Waals surface area contributed by atoms with E-state index in [1.807, 2.05) is 60.4 Å². The van der Waals surface area contributed by atoms with Crippen molar-refractivity contribution in [1.29, 1.82) is 0 Å². The second-order valence-corrected chi connectivity index (χ2v) is 7.40. The van der Waals surface area contributed by atoms with Crippen LogP contribution in [0.1, 0.15) is 35.4 Å². The third-order valence-electron chi connectivity index (χ3n) is 5.51. The molecule has 1 saturated heterocycles. The topological polar surface area (TPSA) is 54.0 Å². The van der Waals surface area contributed by atoms with Gasteiger partial charge in [0, 0.05) is 31.9 Å². The molecule has 0 saturated carbocycles. The van der Waals surface area contributed by atoms with Crippen molar-refractivity contribution in [2.45, 2.75) is 19.5 Å². The molecular weight excluding hydrogens is 366 g/mol. The summed E-state index contributed by atoms with van der Waals surface area (Å²) in [5.41, 5.74) is 2.68. The normalized spacial score (nSPS) is 19.6. The molecule has 2 aromatic rings. The first kappa shape index (κ1) is 19.7. The maximum absolute atomic E-state index is 13.3. The van der Waals surface area contributed by atoms with Crippen LogP contribution in [0, 0.1) is 0 Å². The van der Waals surface area contributed by atoms with Crippen molar-refractivity contribution in [3.8, 4) is 5.75 Å². The number of para-hydroxylation sites is 1. The lowest BCUT2D eigenvalue weighted by atomic mass is 10.0. The number of fused-ring (bicyclic) bond motifs is 1. The van der Waals surface area contributed by atoms with E-state index in [-0.39, 0.29) is 12.1 Å². The van der Waals surface area contributed by atoms with Gasteiger partial charge in [0.15, 0.2) is 0 Å². The molecule has 1 fully saturated rings. The maximum atomic E-state index is 13.3. The van der Waals surface area contributed by atoms with Gasteiger partial charge in [-0.05, 0) is 43.2 Å². The number of benzene rings is 2. The van der Waals surface area contributed by atoms with Crippen molar-refractivity contribution in [2.24, 2.45) is 0 Å². The van der Waals surface area contributed by atoms with Crippen molar-refractivity contribution >= 4 is 11.6 Å². The lowest BCUT2D eigenvalue weighted by Gasteiger charge is -2.38. The molecule has 2 aliphatic heterocycles. The van der Waals surface area contributed by atoms with Gasteiger partial charge in [-0.3, -0.25) is 9.69 Å². The van der Waals surface area contributed by atoms with Crippen molar-refractivity contribution in [2.75, 3.05) is 51.3 Å². The Hall–Kier alpha value is -2.57. The molecule has 0 aliphatic carbocycles. The first-order chi connectivity index (χ1) is 14.3. The molecule has 1 atom stereocenters. The summed E-state index contributed by atoms with van der Waals surface area (Å²) in [6, 6.07) is 15.8. The molecule has 4 rings (SSSR count). The Bertz CT molecular complexity index is 818. The summed E-state index contributed by atoms with van der Waals surface area (Å²) >= 11 is 0. The molecule has 0 radical (unpaired) electrons. The van der Waals surface area contributed by atoms with E-state index in [4.69, 9.17) is 9.47 Å². The van der Waals surface area contributed by atoms with E-state index in [0.29, 0.717) is 13.2 Å². The van der Waals surface area contributed by atoms with Crippen molar-refractivity contribution in [3.05, 3.63) is 59.7 Å². The average molecular weight is 396 g/mol. The summed E-state index contributed by atoms with van der Waals surface area (Å²) < 4.78 is 11.0. The Kier molecular flexibility index (Phi) is 6.32. The number of nitrogens with zero attached hydrogens (tertiary/aromatic N) is 2. The standard InChI is InChI=1S/C23H29N3O3/c1-2-29-19-10-8-18(9-11-19)22-24-21-7-4-3-6-20(21)23(27)26(22)13-5-12-25-14-16-28-17-15-25/h3-4,6-11,22,24H,2,5,12-17H2,1H3/t22-/m0/s1. The average Bonchev–Trinajstić information content (AvgIpc) is 2.77. The largest absolute Gasteiger partial charge is 0.494 e. The molecule has 1 N–H and O–H groups in total. The van der Waals surface area contributed by atoms with E-state index in [0.717, 1.165) is 61.8 Å². The van der Waals surface area contributed by atoms with Crippen LogP contribution >= 0.6 is 0 Å². The van der Waals surface area contributed by atoms with Gasteiger partial charge in [0.1, 0.15) is 11.9 Å². The zero-order valence-electron chi connectivity index (χ0n) is 17.0. The van der Waals surface area contributed by atoms with Crippen molar-refractivity contribution in [1.82, 2.24) is 9.80 Å². The maximum Gasteiger partial charge on any atom is 0.257 e. The molecule has 1 amide bonds. The summed E-state index contributed by atoms with van der Waals surface area (Å²) in [7, 11) is 0. The zero-order chi connectivity index (χ0) is 20.1. The fraction of sp³-hybridized carbons (Fsp3) is 0.435. The highest BCUT2D eigenvalue weighted by atomic mass is 16.5. The fourth-order valence-corrected chi connectivity index (χ4v) is 3.99. The highest BCUT2D eigenvalue weighted by Gasteiger charge is 2.32. The monoisotopic (exact) mass is 395 g/mol. The quantitative estimate of drug-likeness (QED) is 0.779. The predicted octanol–water partition coefficient (Wildman–Crippen LogP) is 3.37. The molecule has 154 valence electrons. The number of rotatable bonds is 7. The summed E-state index contributed by atoms with van der Waals surface area (Å²) in [5, 5.41) is 3.56. The molecular formula is C23H29N3O3. The van der Waals surface area contributed by atoms with Gasteiger partial charge in [-0.15, -0.1) is 0 Å². The van der Waals surface area contributed by atoms with Crippen LogP contribution in [0.4, 0.5) is 5.69 Å². The number of carbonyl (C=O) groups is 1. The highest BCUT2D eigenvalue weighted by Crippen LogP contribution is 2.33.